The Morgan fingerprint density at radius 3 is 2.62 bits per heavy atom. The van der Waals surface area contributed by atoms with E-state index in [0.717, 1.165) is 22.4 Å². The topological polar surface area (TPSA) is 52.0 Å². The van der Waals surface area contributed by atoms with E-state index in [9.17, 15) is 0 Å². The Bertz CT molecular complexity index is 1400. The summed E-state index contributed by atoms with van der Waals surface area (Å²) in [5.41, 5.74) is 3.64. The van der Waals surface area contributed by atoms with Crippen molar-refractivity contribution in [1.82, 2.24) is 14.8 Å². The minimum absolute atomic E-state index is 0.353. The number of hydrogen-bond donors (Lipinski definition) is 1. The number of rotatable bonds is 2. The fourth-order valence-corrected chi connectivity index (χ4v) is 4.90. The van der Waals surface area contributed by atoms with Crippen molar-refractivity contribution in [3.8, 4) is 5.75 Å². The molecule has 0 spiro atoms. The number of aromatic nitrogens is 3. The van der Waals surface area contributed by atoms with E-state index in [1.165, 1.54) is 12.4 Å². The first-order valence-electron chi connectivity index (χ1n) is 9.98. The van der Waals surface area contributed by atoms with Gasteiger partial charge in [-0.05, 0) is 35.9 Å². The van der Waals surface area contributed by atoms with Crippen LogP contribution in [0.3, 0.4) is 0 Å². The van der Waals surface area contributed by atoms with E-state index in [-0.39, 0.29) is 5.82 Å². The lowest BCUT2D eigenvalue weighted by Gasteiger charge is -2.39. The minimum atomic E-state index is -0.706. The van der Waals surface area contributed by atoms with Gasteiger partial charge in [0.05, 0.1) is 5.70 Å². The zero-order valence-corrected chi connectivity index (χ0v) is 18.0. The van der Waals surface area contributed by atoms with Crippen molar-refractivity contribution in [2.75, 3.05) is 5.32 Å². The molecule has 0 unspecified atom stereocenters. The summed E-state index contributed by atoms with van der Waals surface area (Å²) in [6, 6.07) is 19.1. The minimum Gasteiger partial charge on any atom is -0.480 e. The number of nitrogens with zero attached hydrogens (tertiary/aromatic N) is 3. The quantitative estimate of drug-likeness (QED) is 0.379. The maximum atomic E-state index is 15.0. The number of anilines is 1. The lowest BCUT2D eigenvalue weighted by Crippen LogP contribution is -2.32. The SMILES string of the molecule is Fc1ccccc1[C@@H]1Oc2ccccc2C2=C1[C@H](c1ccc(Cl)cc1Cl)n1ncnc1N2. The van der Waals surface area contributed by atoms with Crippen molar-refractivity contribution in [2.24, 2.45) is 0 Å². The molecular weight excluding hydrogens is 450 g/mol. The Kier molecular flexibility index (Phi) is 4.45. The predicted molar refractivity (Wildman–Crippen MR) is 121 cm³/mol. The average Bonchev–Trinajstić information content (AvgIpc) is 3.26. The van der Waals surface area contributed by atoms with Crippen LogP contribution in [-0.2, 0) is 0 Å². The molecule has 1 aromatic heterocycles. The van der Waals surface area contributed by atoms with Crippen LogP contribution in [0, 0.1) is 5.82 Å². The summed E-state index contributed by atoms with van der Waals surface area (Å²) < 4.78 is 23.1. The average molecular weight is 465 g/mol. The van der Waals surface area contributed by atoms with Gasteiger partial charge in [0.15, 0.2) is 6.10 Å². The third-order valence-corrected chi connectivity index (χ3v) is 6.33. The number of para-hydroxylation sites is 1. The molecule has 158 valence electrons. The Morgan fingerprint density at radius 1 is 0.969 bits per heavy atom. The normalized spacial score (nSPS) is 18.8. The first-order valence-corrected chi connectivity index (χ1v) is 10.7. The van der Waals surface area contributed by atoms with E-state index in [1.54, 1.807) is 35.0 Å². The fourth-order valence-electron chi connectivity index (χ4n) is 4.39. The fraction of sp³-hybridized carbons (Fsp3) is 0.0833. The molecule has 2 aliphatic heterocycles. The van der Waals surface area contributed by atoms with E-state index in [4.69, 9.17) is 27.9 Å². The van der Waals surface area contributed by atoms with Gasteiger partial charge in [-0.3, -0.25) is 0 Å². The van der Waals surface area contributed by atoms with Crippen LogP contribution in [-0.4, -0.2) is 14.8 Å². The first kappa shape index (κ1) is 19.3. The molecule has 4 aromatic rings. The highest BCUT2D eigenvalue weighted by Crippen LogP contribution is 2.51. The highest BCUT2D eigenvalue weighted by atomic mass is 35.5. The summed E-state index contributed by atoms with van der Waals surface area (Å²) in [7, 11) is 0. The van der Waals surface area contributed by atoms with Crippen LogP contribution in [0.15, 0.2) is 78.6 Å². The molecule has 3 aromatic carbocycles. The van der Waals surface area contributed by atoms with Gasteiger partial charge >= 0.3 is 0 Å². The molecule has 6 rings (SSSR count). The van der Waals surface area contributed by atoms with Gasteiger partial charge in [0, 0.05) is 26.7 Å². The molecule has 0 saturated heterocycles. The summed E-state index contributed by atoms with van der Waals surface area (Å²) in [5, 5.41) is 8.83. The van der Waals surface area contributed by atoms with Crippen molar-refractivity contribution < 1.29 is 9.13 Å². The lowest BCUT2D eigenvalue weighted by molar-refractivity contribution is 0.218. The standard InChI is InChI=1S/C24H15Cl2FN4O/c25-13-9-10-14(17(26)11-13)22-20-21(30-24-28-12-29-31(22)24)16-6-2-4-8-19(16)32-23(20)15-5-1-3-7-18(15)27/h1-12,22-23H,(H,28,29,30)/t22-,23-/m0/s1. The van der Waals surface area contributed by atoms with E-state index >= 15 is 4.39 Å². The highest BCUT2D eigenvalue weighted by molar-refractivity contribution is 6.35. The smallest absolute Gasteiger partial charge is 0.226 e. The van der Waals surface area contributed by atoms with Gasteiger partial charge in [0.25, 0.3) is 0 Å². The number of hydrogen-bond acceptors (Lipinski definition) is 4. The predicted octanol–water partition coefficient (Wildman–Crippen LogP) is 6.28. The van der Waals surface area contributed by atoms with Crippen LogP contribution < -0.4 is 10.1 Å². The molecule has 2 atom stereocenters. The zero-order valence-electron chi connectivity index (χ0n) is 16.5. The van der Waals surface area contributed by atoms with E-state index < -0.39 is 12.1 Å². The molecule has 0 amide bonds. The van der Waals surface area contributed by atoms with Gasteiger partial charge in [0.1, 0.15) is 23.9 Å². The van der Waals surface area contributed by atoms with Crippen LogP contribution in [0.4, 0.5) is 10.3 Å². The van der Waals surface area contributed by atoms with Crippen LogP contribution >= 0.6 is 23.2 Å². The molecule has 2 aliphatic rings. The number of ether oxygens (including phenoxy) is 1. The number of nitrogens with one attached hydrogen (secondary N) is 1. The number of halogens is 3. The number of fused-ring (bicyclic) bond motifs is 3. The zero-order chi connectivity index (χ0) is 21.8. The van der Waals surface area contributed by atoms with Crippen molar-refractivity contribution in [2.45, 2.75) is 12.1 Å². The van der Waals surface area contributed by atoms with Crippen LogP contribution in [0.2, 0.25) is 10.0 Å². The molecule has 3 heterocycles. The van der Waals surface area contributed by atoms with Gasteiger partial charge in [-0.2, -0.15) is 10.1 Å². The van der Waals surface area contributed by atoms with Gasteiger partial charge < -0.3 is 10.1 Å². The third kappa shape index (κ3) is 2.91. The molecular formula is C24H15Cl2FN4O. The highest BCUT2D eigenvalue weighted by Gasteiger charge is 2.42. The Balaban J connectivity index is 1.66. The summed E-state index contributed by atoms with van der Waals surface area (Å²) >= 11 is 12.8. The largest absolute Gasteiger partial charge is 0.480 e. The Morgan fingerprint density at radius 2 is 1.78 bits per heavy atom. The van der Waals surface area contributed by atoms with Gasteiger partial charge in [-0.1, -0.05) is 59.6 Å². The molecule has 1 N–H and O–H groups in total. The summed E-state index contributed by atoms with van der Waals surface area (Å²) in [5.74, 6) is 0.860. The second-order valence-electron chi connectivity index (χ2n) is 7.57. The first-order chi connectivity index (χ1) is 15.6. The molecule has 8 heteroatoms. The second-order valence-corrected chi connectivity index (χ2v) is 8.41. The van der Waals surface area contributed by atoms with Gasteiger partial charge in [-0.15, -0.1) is 0 Å². The Hall–Kier alpha value is -3.35. The van der Waals surface area contributed by atoms with Crippen LogP contribution in [0.5, 0.6) is 5.75 Å². The third-order valence-electron chi connectivity index (χ3n) is 5.77. The molecule has 0 bridgehead atoms. The van der Waals surface area contributed by atoms with E-state index in [0.29, 0.717) is 27.3 Å². The summed E-state index contributed by atoms with van der Waals surface area (Å²) in [6.45, 7) is 0. The Labute approximate surface area is 193 Å². The van der Waals surface area contributed by atoms with Gasteiger partial charge in [0.2, 0.25) is 5.95 Å². The van der Waals surface area contributed by atoms with E-state index in [2.05, 4.69) is 15.4 Å². The van der Waals surface area contributed by atoms with Crippen molar-refractivity contribution >= 4 is 34.8 Å². The lowest BCUT2D eigenvalue weighted by atomic mass is 9.84. The van der Waals surface area contributed by atoms with E-state index in [1.807, 2.05) is 30.3 Å². The molecule has 0 fully saturated rings. The molecule has 32 heavy (non-hydrogen) atoms. The second kappa shape index (κ2) is 7.36. The van der Waals surface area contributed by atoms with Crippen LogP contribution in [0.25, 0.3) is 5.70 Å². The summed E-state index contributed by atoms with van der Waals surface area (Å²) in [6.07, 6.45) is 0.769. The van der Waals surface area contributed by atoms with Crippen molar-refractivity contribution in [1.29, 1.82) is 0 Å². The monoisotopic (exact) mass is 464 g/mol. The van der Waals surface area contributed by atoms with Crippen LogP contribution in [0.1, 0.15) is 28.8 Å². The molecule has 0 radical (unpaired) electrons. The molecule has 5 nitrogen and oxygen atoms in total. The van der Waals surface area contributed by atoms with Crippen molar-refractivity contribution in [3.05, 3.63) is 111 Å². The van der Waals surface area contributed by atoms with Gasteiger partial charge in [-0.25, -0.2) is 9.07 Å². The number of benzene rings is 3. The maximum absolute atomic E-state index is 15.0. The molecule has 0 aliphatic carbocycles. The summed E-state index contributed by atoms with van der Waals surface area (Å²) in [4.78, 5) is 4.38. The van der Waals surface area contributed by atoms with Crippen molar-refractivity contribution in [3.63, 3.8) is 0 Å². The molecule has 0 saturated carbocycles. The maximum Gasteiger partial charge on any atom is 0.226 e.